The fourth-order valence-electron chi connectivity index (χ4n) is 0.117. The molecule has 0 heterocycles. The van der Waals surface area contributed by atoms with Crippen LogP contribution in [0.25, 0.3) is 0 Å². The van der Waals surface area contributed by atoms with E-state index in [-0.39, 0.29) is 11.7 Å². The molecule has 0 rings (SSSR count). The van der Waals surface area contributed by atoms with Gasteiger partial charge in [-0.2, -0.15) is 0 Å². The van der Waals surface area contributed by atoms with Gasteiger partial charge in [0.2, 0.25) is 5.91 Å². The van der Waals surface area contributed by atoms with Crippen molar-refractivity contribution in [3.8, 4) is 0 Å². The standard InChI is InChI=1S/C3H7NO2S/c1-6-7-2-3(4)5/h2H2,1H3,(H2,4,5). The summed E-state index contributed by atoms with van der Waals surface area (Å²) < 4.78 is 4.47. The van der Waals surface area contributed by atoms with E-state index in [2.05, 4.69) is 4.18 Å². The smallest absolute Gasteiger partial charge is 0.229 e. The van der Waals surface area contributed by atoms with Crippen LogP contribution in [-0.4, -0.2) is 18.8 Å². The molecule has 0 aliphatic heterocycles. The van der Waals surface area contributed by atoms with Crippen molar-refractivity contribution in [2.24, 2.45) is 5.73 Å². The third-order valence-electron chi connectivity index (χ3n) is 0.319. The van der Waals surface area contributed by atoms with Crippen molar-refractivity contribution >= 4 is 17.9 Å². The monoisotopic (exact) mass is 121 g/mol. The van der Waals surface area contributed by atoms with Gasteiger partial charge in [0, 0.05) is 12.0 Å². The lowest BCUT2D eigenvalue weighted by Crippen LogP contribution is -2.12. The number of carbonyl (C=O) groups excluding carboxylic acids is 1. The number of amides is 1. The summed E-state index contributed by atoms with van der Waals surface area (Å²) in [7, 11) is 1.49. The molecule has 0 aliphatic carbocycles. The van der Waals surface area contributed by atoms with Crippen LogP contribution >= 0.6 is 12.0 Å². The van der Waals surface area contributed by atoms with Crippen molar-refractivity contribution in [3.05, 3.63) is 0 Å². The van der Waals surface area contributed by atoms with Crippen LogP contribution in [0.1, 0.15) is 0 Å². The SMILES string of the molecule is COSCC(N)=O. The molecule has 42 valence electrons. The molecule has 0 radical (unpaired) electrons. The number of rotatable bonds is 3. The highest BCUT2D eigenvalue weighted by atomic mass is 32.2. The molecule has 0 spiro atoms. The lowest BCUT2D eigenvalue weighted by atomic mass is 10.8. The Hall–Kier alpha value is -0.220. The molecule has 4 heteroatoms. The van der Waals surface area contributed by atoms with Crippen LogP contribution in [-0.2, 0) is 8.98 Å². The van der Waals surface area contributed by atoms with Crippen molar-refractivity contribution in [2.75, 3.05) is 12.9 Å². The molecule has 2 N–H and O–H groups in total. The van der Waals surface area contributed by atoms with Crippen LogP contribution in [0.3, 0.4) is 0 Å². The van der Waals surface area contributed by atoms with Gasteiger partial charge in [-0.05, 0) is 0 Å². The largest absolute Gasteiger partial charge is 0.369 e. The van der Waals surface area contributed by atoms with Crippen LogP contribution in [0.5, 0.6) is 0 Å². The average Bonchev–Trinajstić information content (AvgIpc) is 1.61. The van der Waals surface area contributed by atoms with Crippen LogP contribution in [0.2, 0.25) is 0 Å². The maximum Gasteiger partial charge on any atom is 0.229 e. The van der Waals surface area contributed by atoms with E-state index in [9.17, 15) is 4.79 Å². The van der Waals surface area contributed by atoms with Gasteiger partial charge in [-0.1, -0.05) is 0 Å². The molecule has 0 saturated carbocycles. The summed E-state index contributed by atoms with van der Waals surface area (Å²) in [6.07, 6.45) is 0. The molecule has 1 amide bonds. The summed E-state index contributed by atoms with van der Waals surface area (Å²) in [5.41, 5.74) is 4.74. The Balaban J connectivity index is 2.82. The molecule has 7 heavy (non-hydrogen) atoms. The predicted molar refractivity (Wildman–Crippen MR) is 28.7 cm³/mol. The molecular weight excluding hydrogens is 114 g/mol. The summed E-state index contributed by atoms with van der Waals surface area (Å²) in [4.78, 5) is 9.88. The first kappa shape index (κ1) is 6.78. The molecule has 0 unspecified atom stereocenters. The zero-order valence-electron chi connectivity index (χ0n) is 4.01. The van der Waals surface area contributed by atoms with Gasteiger partial charge in [-0.15, -0.1) is 0 Å². The van der Waals surface area contributed by atoms with Crippen LogP contribution in [0.15, 0.2) is 0 Å². The molecular formula is C3H7NO2S. The molecule has 0 aromatic carbocycles. The molecule has 0 atom stereocenters. The maximum absolute atomic E-state index is 9.88. The van der Waals surface area contributed by atoms with Crippen molar-refractivity contribution in [1.29, 1.82) is 0 Å². The Bertz CT molecular complexity index is 66.0. The molecule has 3 nitrogen and oxygen atoms in total. The zero-order chi connectivity index (χ0) is 5.70. The Morgan fingerprint density at radius 1 is 2.00 bits per heavy atom. The van der Waals surface area contributed by atoms with E-state index in [1.807, 2.05) is 0 Å². The molecule has 0 saturated heterocycles. The van der Waals surface area contributed by atoms with Gasteiger partial charge < -0.3 is 9.92 Å². The van der Waals surface area contributed by atoms with E-state index in [1.165, 1.54) is 7.11 Å². The maximum atomic E-state index is 9.88. The Morgan fingerprint density at radius 3 is 2.71 bits per heavy atom. The van der Waals surface area contributed by atoms with Crippen molar-refractivity contribution in [1.82, 2.24) is 0 Å². The van der Waals surface area contributed by atoms with Gasteiger partial charge in [0.1, 0.15) is 0 Å². The van der Waals surface area contributed by atoms with Gasteiger partial charge in [0.15, 0.2) is 0 Å². The number of hydrogen-bond acceptors (Lipinski definition) is 3. The summed E-state index contributed by atoms with van der Waals surface area (Å²) in [5.74, 6) is -0.122. The first-order valence-electron chi connectivity index (χ1n) is 1.71. The highest BCUT2D eigenvalue weighted by Crippen LogP contribution is 1.95. The first-order valence-corrected chi connectivity index (χ1v) is 2.62. The number of hydrogen-bond donors (Lipinski definition) is 1. The van der Waals surface area contributed by atoms with Gasteiger partial charge in [0.05, 0.1) is 12.9 Å². The minimum Gasteiger partial charge on any atom is -0.369 e. The van der Waals surface area contributed by atoms with Crippen molar-refractivity contribution in [2.45, 2.75) is 0 Å². The number of carbonyl (C=O) groups is 1. The van der Waals surface area contributed by atoms with Gasteiger partial charge in [-0.25, -0.2) is 0 Å². The van der Waals surface area contributed by atoms with Crippen molar-refractivity contribution in [3.63, 3.8) is 0 Å². The van der Waals surface area contributed by atoms with E-state index in [1.54, 1.807) is 0 Å². The van der Waals surface area contributed by atoms with Gasteiger partial charge >= 0.3 is 0 Å². The molecule has 0 aromatic heterocycles. The highest BCUT2D eigenvalue weighted by Gasteiger charge is 1.89. The summed E-state index contributed by atoms with van der Waals surface area (Å²) in [6.45, 7) is 0. The van der Waals surface area contributed by atoms with E-state index in [0.29, 0.717) is 0 Å². The minimum absolute atomic E-state index is 0.233. The van der Waals surface area contributed by atoms with Crippen LogP contribution < -0.4 is 5.73 Å². The zero-order valence-corrected chi connectivity index (χ0v) is 4.83. The van der Waals surface area contributed by atoms with Gasteiger partial charge in [0.25, 0.3) is 0 Å². The fraction of sp³-hybridized carbons (Fsp3) is 0.667. The lowest BCUT2D eigenvalue weighted by Gasteiger charge is -1.88. The summed E-state index contributed by atoms with van der Waals surface area (Å²) >= 11 is 1.04. The number of primary amides is 1. The summed E-state index contributed by atoms with van der Waals surface area (Å²) in [6, 6.07) is 0. The minimum atomic E-state index is -0.355. The topological polar surface area (TPSA) is 52.3 Å². The second-order valence-corrected chi connectivity index (χ2v) is 1.75. The molecule has 0 aliphatic rings. The third kappa shape index (κ3) is 5.78. The second kappa shape index (κ2) is 3.95. The van der Waals surface area contributed by atoms with E-state index in [0.717, 1.165) is 12.0 Å². The van der Waals surface area contributed by atoms with Crippen molar-refractivity contribution < 1.29 is 8.98 Å². The quantitative estimate of drug-likeness (QED) is 0.524. The van der Waals surface area contributed by atoms with E-state index < -0.39 is 0 Å². The van der Waals surface area contributed by atoms with Crippen LogP contribution in [0, 0.1) is 0 Å². The molecule has 0 fully saturated rings. The number of nitrogens with two attached hydrogens (primary N) is 1. The first-order chi connectivity index (χ1) is 3.27. The predicted octanol–water partition coefficient (Wildman–Crippen LogP) is -0.234. The Morgan fingerprint density at radius 2 is 2.57 bits per heavy atom. The molecule has 0 bridgehead atoms. The summed E-state index contributed by atoms with van der Waals surface area (Å²) in [5, 5.41) is 0. The second-order valence-electron chi connectivity index (χ2n) is 0.895. The Kier molecular flexibility index (Phi) is 3.83. The third-order valence-corrected chi connectivity index (χ3v) is 0.957. The molecule has 0 aromatic rings. The highest BCUT2D eigenvalue weighted by molar-refractivity contribution is 7.95. The Labute approximate surface area is 46.4 Å². The fourth-order valence-corrected chi connectivity index (χ4v) is 0.351. The average molecular weight is 121 g/mol. The normalized spacial score (nSPS) is 8.71. The van der Waals surface area contributed by atoms with E-state index >= 15 is 0 Å². The van der Waals surface area contributed by atoms with Gasteiger partial charge in [-0.3, -0.25) is 4.79 Å². The van der Waals surface area contributed by atoms with Crippen LogP contribution in [0.4, 0.5) is 0 Å². The lowest BCUT2D eigenvalue weighted by molar-refractivity contribution is -0.115. The van der Waals surface area contributed by atoms with E-state index in [4.69, 9.17) is 5.73 Å².